The second-order valence-corrected chi connectivity index (χ2v) is 5.68. The summed E-state index contributed by atoms with van der Waals surface area (Å²) in [5, 5.41) is 14.2. The van der Waals surface area contributed by atoms with Gasteiger partial charge in [0, 0.05) is 19.5 Å². The standard InChI is InChI=1S/C14H28N2O3/c1-10(2)12(4)9-16-14(19)15-8-7-11(3)5-6-13(17)18/h10-12H,5-9H2,1-4H3,(H,17,18)(H2,15,16,19). The number of hydrogen-bond donors (Lipinski definition) is 3. The molecule has 2 unspecified atom stereocenters. The highest BCUT2D eigenvalue weighted by molar-refractivity contribution is 5.73. The molecule has 0 aliphatic rings. The summed E-state index contributed by atoms with van der Waals surface area (Å²) in [5.41, 5.74) is 0. The maximum atomic E-state index is 11.5. The van der Waals surface area contributed by atoms with Crippen LogP contribution in [0.3, 0.4) is 0 Å². The molecule has 2 amide bonds. The highest BCUT2D eigenvalue weighted by Crippen LogP contribution is 2.09. The summed E-state index contributed by atoms with van der Waals surface area (Å²) in [6.07, 6.45) is 1.66. The van der Waals surface area contributed by atoms with Gasteiger partial charge in [-0.3, -0.25) is 4.79 Å². The van der Waals surface area contributed by atoms with E-state index in [9.17, 15) is 9.59 Å². The minimum absolute atomic E-state index is 0.141. The zero-order valence-corrected chi connectivity index (χ0v) is 12.5. The van der Waals surface area contributed by atoms with E-state index < -0.39 is 5.97 Å². The van der Waals surface area contributed by atoms with E-state index in [4.69, 9.17) is 5.11 Å². The molecule has 0 saturated carbocycles. The van der Waals surface area contributed by atoms with Gasteiger partial charge >= 0.3 is 12.0 Å². The molecule has 0 aromatic heterocycles. The number of rotatable bonds is 9. The van der Waals surface area contributed by atoms with Crippen LogP contribution < -0.4 is 10.6 Å². The molecule has 5 heteroatoms. The fourth-order valence-electron chi connectivity index (χ4n) is 1.50. The van der Waals surface area contributed by atoms with E-state index in [0.717, 1.165) is 6.42 Å². The van der Waals surface area contributed by atoms with Gasteiger partial charge in [-0.2, -0.15) is 0 Å². The number of carboxylic acids is 1. The summed E-state index contributed by atoms with van der Waals surface area (Å²) in [4.78, 5) is 21.9. The van der Waals surface area contributed by atoms with Gasteiger partial charge in [-0.15, -0.1) is 0 Å². The van der Waals surface area contributed by atoms with Crippen LogP contribution in [0.5, 0.6) is 0 Å². The van der Waals surface area contributed by atoms with Crippen molar-refractivity contribution in [2.75, 3.05) is 13.1 Å². The van der Waals surface area contributed by atoms with Crippen LogP contribution in [0.4, 0.5) is 4.79 Å². The lowest BCUT2D eigenvalue weighted by molar-refractivity contribution is -0.137. The van der Waals surface area contributed by atoms with Crippen LogP contribution in [0, 0.1) is 17.8 Å². The zero-order valence-electron chi connectivity index (χ0n) is 12.5. The van der Waals surface area contributed by atoms with Crippen LogP contribution in [-0.4, -0.2) is 30.2 Å². The number of hydrogen-bond acceptors (Lipinski definition) is 2. The Labute approximate surface area is 116 Å². The molecule has 19 heavy (non-hydrogen) atoms. The van der Waals surface area contributed by atoms with Crippen LogP contribution in [0.1, 0.15) is 47.0 Å². The average molecular weight is 272 g/mol. The highest BCUT2D eigenvalue weighted by Gasteiger charge is 2.09. The van der Waals surface area contributed by atoms with Crippen molar-refractivity contribution < 1.29 is 14.7 Å². The molecule has 0 saturated heterocycles. The number of carbonyl (C=O) groups excluding carboxylic acids is 1. The van der Waals surface area contributed by atoms with Gasteiger partial charge in [0.1, 0.15) is 0 Å². The Morgan fingerprint density at radius 3 is 2.21 bits per heavy atom. The lowest BCUT2D eigenvalue weighted by Gasteiger charge is -2.17. The molecule has 2 atom stereocenters. The Morgan fingerprint density at radius 1 is 1.05 bits per heavy atom. The first-order valence-electron chi connectivity index (χ1n) is 7.06. The fourth-order valence-corrected chi connectivity index (χ4v) is 1.50. The molecule has 3 N–H and O–H groups in total. The Hall–Kier alpha value is -1.26. The van der Waals surface area contributed by atoms with Crippen molar-refractivity contribution in [2.24, 2.45) is 17.8 Å². The minimum atomic E-state index is -0.764. The molecule has 0 bridgehead atoms. The third kappa shape index (κ3) is 10.4. The van der Waals surface area contributed by atoms with Gasteiger partial charge in [-0.1, -0.05) is 27.7 Å². The summed E-state index contributed by atoms with van der Waals surface area (Å²) in [6, 6.07) is -0.141. The topological polar surface area (TPSA) is 78.4 Å². The molecule has 112 valence electrons. The molecule has 5 nitrogen and oxygen atoms in total. The van der Waals surface area contributed by atoms with Crippen LogP contribution in [0.15, 0.2) is 0 Å². The number of nitrogens with one attached hydrogen (secondary N) is 2. The monoisotopic (exact) mass is 272 g/mol. The smallest absolute Gasteiger partial charge is 0.314 e. The number of carboxylic acid groups (broad SMARTS) is 1. The molecular weight excluding hydrogens is 244 g/mol. The van der Waals surface area contributed by atoms with Gasteiger partial charge in [0.15, 0.2) is 0 Å². The Bertz CT molecular complexity index is 280. The van der Waals surface area contributed by atoms with Crippen molar-refractivity contribution >= 4 is 12.0 Å². The van der Waals surface area contributed by atoms with E-state index in [1.165, 1.54) is 0 Å². The average Bonchev–Trinajstić information content (AvgIpc) is 2.33. The molecule has 0 aliphatic carbocycles. The van der Waals surface area contributed by atoms with E-state index in [0.29, 0.717) is 37.3 Å². The SMILES string of the molecule is CC(CCNC(=O)NCC(C)C(C)C)CCC(=O)O. The van der Waals surface area contributed by atoms with Crippen molar-refractivity contribution in [3.8, 4) is 0 Å². The quantitative estimate of drug-likeness (QED) is 0.603. The molecule has 0 aromatic rings. The second-order valence-electron chi connectivity index (χ2n) is 5.68. The van der Waals surface area contributed by atoms with Gasteiger partial charge < -0.3 is 15.7 Å². The summed E-state index contributed by atoms with van der Waals surface area (Å²) in [6.45, 7) is 9.64. The van der Waals surface area contributed by atoms with Crippen molar-refractivity contribution in [2.45, 2.75) is 47.0 Å². The third-order valence-electron chi connectivity index (χ3n) is 3.50. The first-order chi connectivity index (χ1) is 8.82. The van der Waals surface area contributed by atoms with Crippen molar-refractivity contribution in [3.63, 3.8) is 0 Å². The van der Waals surface area contributed by atoms with Gasteiger partial charge in [-0.25, -0.2) is 4.79 Å². The molecule has 0 fully saturated rings. The first kappa shape index (κ1) is 17.7. The molecule has 0 rings (SSSR count). The van der Waals surface area contributed by atoms with E-state index in [-0.39, 0.29) is 12.5 Å². The highest BCUT2D eigenvalue weighted by atomic mass is 16.4. The van der Waals surface area contributed by atoms with Crippen LogP contribution in [0.2, 0.25) is 0 Å². The number of carbonyl (C=O) groups is 2. The molecule has 0 radical (unpaired) electrons. The largest absolute Gasteiger partial charge is 0.481 e. The summed E-state index contributed by atoms with van der Waals surface area (Å²) < 4.78 is 0. The zero-order chi connectivity index (χ0) is 14.8. The first-order valence-corrected chi connectivity index (χ1v) is 7.06. The Kier molecular flexibility index (Phi) is 9.00. The lowest BCUT2D eigenvalue weighted by atomic mass is 9.98. The molecule has 0 spiro atoms. The van der Waals surface area contributed by atoms with E-state index in [1.54, 1.807) is 0 Å². The van der Waals surface area contributed by atoms with Gasteiger partial charge in [0.2, 0.25) is 0 Å². The lowest BCUT2D eigenvalue weighted by Crippen LogP contribution is -2.39. The van der Waals surface area contributed by atoms with Crippen molar-refractivity contribution in [3.05, 3.63) is 0 Å². The Morgan fingerprint density at radius 2 is 1.68 bits per heavy atom. The number of urea groups is 1. The molecule has 0 aliphatic heterocycles. The summed E-state index contributed by atoms with van der Waals surface area (Å²) in [7, 11) is 0. The normalized spacial score (nSPS) is 13.9. The summed E-state index contributed by atoms with van der Waals surface area (Å²) in [5.74, 6) is 0.558. The summed E-state index contributed by atoms with van der Waals surface area (Å²) >= 11 is 0. The van der Waals surface area contributed by atoms with Crippen LogP contribution >= 0.6 is 0 Å². The molecule has 0 aromatic carbocycles. The second kappa shape index (κ2) is 9.64. The fraction of sp³-hybridized carbons (Fsp3) is 0.857. The molecular formula is C14H28N2O3. The van der Waals surface area contributed by atoms with Crippen LogP contribution in [-0.2, 0) is 4.79 Å². The minimum Gasteiger partial charge on any atom is -0.481 e. The predicted molar refractivity (Wildman–Crippen MR) is 76.1 cm³/mol. The van der Waals surface area contributed by atoms with Gasteiger partial charge in [0.25, 0.3) is 0 Å². The van der Waals surface area contributed by atoms with Gasteiger partial charge in [0.05, 0.1) is 0 Å². The predicted octanol–water partition coefficient (Wildman–Crippen LogP) is 2.47. The number of amides is 2. The van der Waals surface area contributed by atoms with Crippen LogP contribution in [0.25, 0.3) is 0 Å². The van der Waals surface area contributed by atoms with Crippen molar-refractivity contribution in [1.29, 1.82) is 0 Å². The maximum Gasteiger partial charge on any atom is 0.314 e. The van der Waals surface area contributed by atoms with E-state index in [2.05, 4.69) is 31.4 Å². The number of aliphatic carboxylic acids is 1. The van der Waals surface area contributed by atoms with Gasteiger partial charge in [-0.05, 0) is 30.6 Å². The molecule has 0 heterocycles. The maximum absolute atomic E-state index is 11.5. The van der Waals surface area contributed by atoms with E-state index >= 15 is 0 Å². The third-order valence-corrected chi connectivity index (χ3v) is 3.50. The van der Waals surface area contributed by atoms with E-state index in [1.807, 2.05) is 6.92 Å². The Balaban J connectivity index is 3.60. The van der Waals surface area contributed by atoms with Crippen molar-refractivity contribution in [1.82, 2.24) is 10.6 Å².